The molecule has 0 saturated carbocycles. The molecule has 92 valence electrons. The minimum atomic E-state index is -0.0489. The van der Waals surface area contributed by atoms with E-state index in [-0.39, 0.29) is 11.9 Å². The molecule has 0 spiro atoms. The standard InChI is InChI=1S/C12H16ClN3O/c13-10-3-1-2-4-11(10)15-12(17)8-16-6-5-9(14)7-16/h1-4,9H,5-8,14H2,(H,15,17)/t9-/m1/s1. The Morgan fingerprint density at radius 2 is 2.29 bits per heavy atom. The van der Waals surface area contributed by atoms with Crippen LogP contribution in [0.3, 0.4) is 0 Å². The van der Waals surface area contributed by atoms with Crippen molar-refractivity contribution in [3.8, 4) is 0 Å². The normalized spacial score (nSPS) is 20.5. The van der Waals surface area contributed by atoms with Gasteiger partial charge in [0.1, 0.15) is 0 Å². The molecule has 0 bridgehead atoms. The van der Waals surface area contributed by atoms with Crippen LogP contribution in [0.25, 0.3) is 0 Å². The third kappa shape index (κ3) is 3.43. The van der Waals surface area contributed by atoms with Gasteiger partial charge in [0.25, 0.3) is 0 Å². The summed E-state index contributed by atoms with van der Waals surface area (Å²) in [7, 11) is 0. The van der Waals surface area contributed by atoms with Gasteiger partial charge in [0.05, 0.1) is 17.3 Å². The number of carbonyl (C=O) groups is 1. The van der Waals surface area contributed by atoms with Gasteiger partial charge in [-0.25, -0.2) is 0 Å². The summed E-state index contributed by atoms with van der Waals surface area (Å²) in [5.41, 5.74) is 6.44. The lowest BCUT2D eigenvalue weighted by Crippen LogP contribution is -2.33. The van der Waals surface area contributed by atoms with Crippen LogP contribution in [0.1, 0.15) is 6.42 Å². The van der Waals surface area contributed by atoms with Crippen LogP contribution in [0.15, 0.2) is 24.3 Å². The Bertz CT molecular complexity index is 410. The number of nitrogens with one attached hydrogen (secondary N) is 1. The molecule has 3 N–H and O–H groups in total. The first kappa shape index (κ1) is 12.4. The van der Waals surface area contributed by atoms with Crippen LogP contribution in [-0.4, -0.2) is 36.5 Å². The Kier molecular flexibility index (Phi) is 3.99. The van der Waals surface area contributed by atoms with Crippen LogP contribution in [0.5, 0.6) is 0 Å². The molecule has 2 rings (SSSR count). The Balaban J connectivity index is 1.87. The monoisotopic (exact) mass is 253 g/mol. The fraction of sp³-hybridized carbons (Fsp3) is 0.417. The molecule has 4 nitrogen and oxygen atoms in total. The van der Waals surface area contributed by atoms with E-state index in [9.17, 15) is 4.79 Å². The van der Waals surface area contributed by atoms with Gasteiger partial charge in [-0.1, -0.05) is 23.7 Å². The van der Waals surface area contributed by atoms with Gasteiger partial charge < -0.3 is 11.1 Å². The molecular formula is C12H16ClN3O. The lowest BCUT2D eigenvalue weighted by atomic mass is 10.3. The third-order valence-electron chi connectivity index (χ3n) is 2.82. The molecular weight excluding hydrogens is 238 g/mol. The first-order valence-electron chi connectivity index (χ1n) is 5.67. The Morgan fingerprint density at radius 1 is 1.53 bits per heavy atom. The van der Waals surface area contributed by atoms with Crippen molar-refractivity contribution >= 4 is 23.2 Å². The van der Waals surface area contributed by atoms with Crippen molar-refractivity contribution in [2.45, 2.75) is 12.5 Å². The van der Waals surface area contributed by atoms with Crippen LogP contribution in [-0.2, 0) is 4.79 Å². The van der Waals surface area contributed by atoms with Crippen molar-refractivity contribution in [2.75, 3.05) is 25.0 Å². The number of nitrogens with two attached hydrogens (primary N) is 1. The first-order valence-corrected chi connectivity index (χ1v) is 6.05. The zero-order valence-electron chi connectivity index (χ0n) is 9.53. The van der Waals surface area contributed by atoms with Crippen molar-refractivity contribution < 1.29 is 4.79 Å². The van der Waals surface area contributed by atoms with E-state index >= 15 is 0 Å². The zero-order chi connectivity index (χ0) is 12.3. The molecule has 17 heavy (non-hydrogen) atoms. The highest BCUT2D eigenvalue weighted by Gasteiger charge is 2.21. The number of nitrogens with zero attached hydrogens (tertiary/aromatic N) is 1. The van der Waals surface area contributed by atoms with Crippen molar-refractivity contribution in [1.82, 2.24) is 4.90 Å². The highest BCUT2D eigenvalue weighted by Crippen LogP contribution is 2.20. The van der Waals surface area contributed by atoms with Gasteiger partial charge >= 0.3 is 0 Å². The summed E-state index contributed by atoms with van der Waals surface area (Å²) in [6.07, 6.45) is 0.958. The lowest BCUT2D eigenvalue weighted by molar-refractivity contribution is -0.117. The topological polar surface area (TPSA) is 58.4 Å². The molecule has 1 aliphatic rings. The van der Waals surface area contributed by atoms with E-state index in [2.05, 4.69) is 10.2 Å². The van der Waals surface area contributed by atoms with Crippen LogP contribution < -0.4 is 11.1 Å². The largest absolute Gasteiger partial charge is 0.326 e. The summed E-state index contributed by atoms with van der Waals surface area (Å²) in [6.45, 7) is 2.05. The van der Waals surface area contributed by atoms with Crippen LogP contribution in [0, 0.1) is 0 Å². The number of hydrogen-bond donors (Lipinski definition) is 2. The average molecular weight is 254 g/mol. The molecule has 0 unspecified atom stereocenters. The molecule has 1 aromatic rings. The smallest absolute Gasteiger partial charge is 0.238 e. The van der Waals surface area contributed by atoms with Crippen molar-refractivity contribution in [2.24, 2.45) is 5.73 Å². The van der Waals surface area contributed by atoms with Gasteiger partial charge in [0.15, 0.2) is 0 Å². The summed E-state index contributed by atoms with van der Waals surface area (Å²) in [6, 6.07) is 7.41. The molecule has 1 fully saturated rings. The van der Waals surface area contributed by atoms with Gasteiger partial charge in [-0.05, 0) is 18.6 Å². The molecule has 1 atom stereocenters. The number of carbonyl (C=O) groups excluding carboxylic acids is 1. The summed E-state index contributed by atoms with van der Waals surface area (Å²) in [4.78, 5) is 13.8. The van der Waals surface area contributed by atoms with Crippen molar-refractivity contribution in [3.05, 3.63) is 29.3 Å². The Hall–Kier alpha value is -1.10. The van der Waals surface area contributed by atoms with Crippen LogP contribution in [0.2, 0.25) is 5.02 Å². The molecule has 0 radical (unpaired) electrons. The predicted molar refractivity (Wildman–Crippen MR) is 69.1 cm³/mol. The number of benzene rings is 1. The van der Waals surface area contributed by atoms with Gasteiger partial charge in [-0.2, -0.15) is 0 Å². The molecule has 1 saturated heterocycles. The maximum Gasteiger partial charge on any atom is 0.238 e. The van der Waals surface area contributed by atoms with Gasteiger partial charge in [0, 0.05) is 19.1 Å². The molecule has 5 heteroatoms. The maximum absolute atomic E-state index is 11.8. The van der Waals surface area contributed by atoms with E-state index in [4.69, 9.17) is 17.3 Å². The zero-order valence-corrected chi connectivity index (χ0v) is 10.3. The Labute approximate surface area is 106 Å². The quantitative estimate of drug-likeness (QED) is 0.854. The minimum absolute atomic E-state index is 0.0489. The first-order chi connectivity index (χ1) is 8.15. The number of amides is 1. The number of halogens is 1. The summed E-state index contributed by atoms with van der Waals surface area (Å²) >= 11 is 5.96. The molecule has 0 aliphatic carbocycles. The molecule has 0 aromatic heterocycles. The number of anilines is 1. The van der Waals surface area contributed by atoms with E-state index in [1.807, 2.05) is 12.1 Å². The van der Waals surface area contributed by atoms with E-state index < -0.39 is 0 Å². The highest BCUT2D eigenvalue weighted by molar-refractivity contribution is 6.33. The van der Waals surface area contributed by atoms with Crippen molar-refractivity contribution in [3.63, 3.8) is 0 Å². The van der Waals surface area contributed by atoms with E-state index in [0.29, 0.717) is 17.3 Å². The van der Waals surface area contributed by atoms with Crippen LogP contribution >= 0.6 is 11.6 Å². The van der Waals surface area contributed by atoms with E-state index in [1.165, 1.54) is 0 Å². The van der Waals surface area contributed by atoms with Crippen molar-refractivity contribution in [1.29, 1.82) is 0 Å². The maximum atomic E-state index is 11.8. The number of likely N-dealkylation sites (tertiary alicyclic amines) is 1. The number of para-hydroxylation sites is 1. The average Bonchev–Trinajstić information content (AvgIpc) is 2.67. The fourth-order valence-corrected chi connectivity index (χ4v) is 2.14. The second-order valence-corrected chi connectivity index (χ2v) is 4.72. The SMILES string of the molecule is N[C@@H]1CCN(CC(=O)Nc2ccccc2Cl)C1. The molecule has 1 heterocycles. The predicted octanol–water partition coefficient (Wildman–Crippen LogP) is 1.31. The van der Waals surface area contributed by atoms with Gasteiger partial charge in [0.2, 0.25) is 5.91 Å². The number of hydrogen-bond acceptors (Lipinski definition) is 3. The second kappa shape index (κ2) is 5.49. The molecule has 1 amide bonds. The summed E-state index contributed by atoms with van der Waals surface area (Å²) in [5.74, 6) is -0.0489. The number of rotatable bonds is 3. The highest BCUT2D eigenvalue weighted by atomic mass is 35.5. The van der Waals surface area contributed by atoms with Gasteiger partial charge in [-0.15, -0.1) is 0 Å². The van der Waals surface area contributed by atoms with E-state index in [0.717, 1.165) is 19.5 Å². The summed E-state index contributed by atoms with van der Waals surface area (Å²) in [5, 5.41) is 3.35. The lowest BCUT2D eigenvalue weighted by Gasteiger charge is -2.15. The molecule has 1 aromatic carbocycles. The fourth-order valence-electron chi connectivity index (χ4n) is 1.96. The Morgan fingerprint density at radius 3 is 2.94 bits per heavy atom. The van der Waals surface area contributed by atoms with Crippen LogP contribution in [0.4, 0.5) is 5.69 Å². The second-order valence-electron chi connectivity index (χ2n) is 4.31. The van der Waals surface area contributed by atoms with Gasteiger partial charge in [-0.3, -0.25) is 9.69 Å². The van der Waals surface area contributed by atoms with E-state index in [1.54, 1.807) is 12.1 Å². The third-order valence-corrected chi connectivity index (χ3v) is 3.15. The molecule has 1 aliphatic heterocycles. The minimum Gasteiger partial charge on any atom is -0.326 e. The summed E-state index contributed by atoms with van der Waals surface area (Å²) < 4.78 is 0.